The van der Waals surface area contributed by atoms with Crippen LogP contribution in [0.5, 0.6) is 0 Å². The van der Waals surface area contributed by atoms with Crippen LogP contribution in [-0.2, 0) is 9.53 Å². The first kappa shape index (κ1) is 19.1. The van der Waals surface area contributed by atoms with Gasteiger partial charge in [0.15, 0.2) is 0 Å². The number of hydrogen-bond acceptors (Lipinski definition) is 3. The van der Waals surface area contributed by atoms with Gasteiger partial charge in [0, 0.05) is 14.0 Å². The fourth-order valence-corrected chi connectivity index (χ4v) is 0.781. The predicted molar refractivity (Wildman–Crippen MR) is 60.2 cm³/mol. The van der Waals surface area contributed by atoms with Crippen molar-refractivity contribution in [2.24, 2.45) is 5.92 Å². The first-order chi connectivity index (χ1) is 6.54. The van der Waals surface area contributed by atoms with Crippen molar-refractivity contribution in [1.82, 2.24) is 0 Å². The molecule has 0 aromatic rings. The Morgan fingerprint density at radius 1 is 1.29 bits per heavy atom. The highest BCUT2D eigenvalue weighted by atomic mass is 16.5. The third-order valence-electron chi connectivity index (χ3n) is 1.21. The van der Waals surface area contributed by atoms with Crippen LogP contribution in [-0.4, -0.2) is 24.8 Å². The highest BCUT2D eigenvalue weighted by Gasteiger charge is 1.85. The molecule has 1 N–H and O–H groups in total. The molecule has 88 valence electrons. The molecular weight excluding hydrogens is 180 g/mol. The molecule has 0 unspecified atom stereocenters. The summed E-state index contributed by atoms with van der Waals surface area (Å²) in [6, 6.07) is 0. The van der Waals surface area contributed by atoms with Crippen molar-refractivity contribution in [2.75, 3.05) is 13.7 Å². The van der Waals surface area contributed by atoms with Crippen LogP contribution < -0.4 is 0 Å². The van der Waals surface area contributed by atoms with Crippen LogP contribution in [0.2, 0.25) is 0 Å². The van der Waals surface area contributed by atoms with Crippen molar-refractivity contribution in [3.63, 3.8) is 0 Å². The van der Waals surface area contributed by atoms with Crippen LogP contribution in [0.1, 0.15) is 47.5 Å². The minimum atomic E-state index is -0.211. The maximum Gasteiger partial charge on any atom is 0.302 e. The largest absolute Gasteiger partial charge is 0.466 e. The number of esters is 1. The number of aliphatic hydroxyl groups is 1. The van der Waals surface area contributed by atoms with Gasteiger partial charge in [-0.3, -0.25) is 4.79 Å². The fourth-order valence-electron chi connectivity index (χ4n) is 0.781. The van der Waals surface area contributed by atoms with Crippen LogP contribution in [0.4, 0.5) is 0 Å². The third kappa shape index (κ3) is 42.2. The second kappa shape index (κ2) is 18.3. The molecule has 0 fully saturated rings. The highest BCUT2D eigenvalue weighted by Crippen LogP contribution is 2.00. The summed E-state index contributed by atoms with van der Waals surface area (Å²) in [5.41, 5.74) is 0. The second-order valence-electron chi connectivity index (χ2n) is 3.11. The normalized spacial score (nSPS) is 8.00. The zero-order valence-electron chi connectivity index (χ0n) is 10.5. The minimum Gasteiger partial charge on any atom is -0.466 e. The van der Waals surface area contributed by atoms with Crippen molar-refractivity contribution in [1.29, 1.82) is 0 Å². The molecule has 0 saturated carbocycles. The average molecular weight is 206 g/mol. The Morgan fingerprint density at radius 2 is 1.71 bits per heavy atom. The molecule has 0 atom stereocenters. The van der Waals surface area contributed by atoms with Gasteiger partial charge in [-0.25, -0.2) is 0 Å². The van der Waals surface area contributed by atoms with Crippen molar-refractivity contribution in [3.05, 3.63) is 0 Å². The highest BCUT2D eigenvalue weighted by molar-refractivity contribution is 5.65. The zero-order chi connectivity index (χ0) is 12.0. The van der Waals surface area contributed by atoms with Gasteiger partial charge >= 0.3 is 5.97 Å². The molecular formula is C11H26O3. The monoisotopic (exact) mass is 206 g/mol. The van der Waals surface area contributed by atoms with E-state index in [1.807, 2.05) is 0 Å². The van der Waals surface area contributed by atoms with Crippen LogP contribution >= 0.6 is 0 Å². The maximum absolute atomic E-state index is 9.82. The standard InChI is InChI=1S/C6H14.C4H8O2.CH4O/c1-4-5-6(2)3;1-3-6-4(2)5;1-2/h6H,4-5H2,1-3H3;3H2,1-2H3;2H,1H3. The number of rotatable bonds is 3. The van der Waals surface area contributed by atoms with Crippen LogP contribution in [0, 0.1) is 5.92 Å². The Hall–Kier alpha value is -0.570. The average Bonchev–Trinajstić information content (AvgIpc) is 2.08. The molecule has 0 aliphatic heterocycles. The lowest BCUT2D eigenvalue weighted by atomic mass is 10.1. The van der Waals surface area contributed by atoms with Crippen molar-refractivity contribution in [3.8, 4) is 0 Å². The van der Waals surface area contributed by atoms with E-state index in [-0.39, 0.29) is 5.97 Å². The lowest BCUT2D eigenvalue weighted by molar-refractivity contribution is -0.140. The molecule has 14 heavy (non-hydrogen) atoms. The molecule has 0 aliphatic rings. The molecule has 0 spiro atoms. The van der Waals surface area contributed by atoms with Gasteiger partial charge in [-0.05, 0) is 12.8 Å². The summed E-state index contributed by atoms with van der Waals surface area (Å²) in [5.74, 6) is 0.688. The van der Waals surface area contributed by atoms with Crippen LogP contribution in [0.15, 0.2) is 0 Å². The Kier molecular flexibility index (Phi) is 24.9. The van der Waals surface area contributed by atoms with Crippen molar-refractivity contribution < 1.29 is 14.6 Å². The van der Waals surface area contributed by atoms with E-state index in [0.717, 1.165) is 13.0 Å². The Labute approximate surface area is 88.5 Å². The van der Waals surface area contributed by atoms with Crippen LogP contribution in [0.3, 0.4) is 0 Å². The smallest absolute Gasteiger partial charge is 0.302 e. The van der Waals surface area contributed by atoms with Gasteiger partial charge in [0.1, 0.15) is 0 Å². The van der Waals surface area contributed by atoms with E-state index in [0.29, 0.717) is 6.61 Å². The van der Waals surface area contributed by atoms with Gasteiger partial charge in [-0.1, -0.05) is 33.6 Å². The summed E-state index contributed by atoms with van der Waals surface area (Å²) >= 11 is 0. The molecule has 0 aliphatic carbocycles. The van der Waals surface area contributed by atoms with Crippen molar-refractivity contribution >= 4 is 5.97 Å². The molecule has 0 aromatic heterocycles. The first-order valence-corrected chi connectivity index (χ1v) is 5.12. The Morgan fingerprint density at radius 3 is 1.71 bits per heavy atom. The molecule has 0 rings (SSSR count). The Balaban J connectivity index is -0.000000147. The van der Waals surface area contributed by atoms with Gasteiger partial charge < -0.3 is 9.84 Å². The number of ether oxygens (including phenoxy) is 1. The summed E-state index contributed by atoms with van der Waals surface area (Å²) in [6.07, 6.45) is 2.71. The number of hydrogen-bond donors (Lipinski definition) is 1. The summed E-state index contributed by atoms with van der Waals surface area (Å²) in [5, 5.41) is 7.00. The molecule has 0 radical (unpaired) electrons. The second-order valence-corrected chi connectivity index (χ2v) is 3.11. The Bertz CT molecular complexity index is 101. The van der Waals surface area contributed by atoms with E-state index in [2.05, 4.69) is 25.5 Å². The van der Waals surface area contributed by atoms with Gasteiger partial charge in [-0.2, -0.15) is 0 Å². The van der Waals surface area contributed by atoms with E-state index < -0.39 is 0 Å². The number of aliphatic hydroxyl groups excluding tert-OH is 1. The zero-order valence-corrected chi connectivity index (χ0v) is 10.5. The third-order valence-corrected chi connectivity index (χ3v) is 1.21. The lowest BCUT2D eigenvalue weighted by Gasteiger charge is -1.95. The number of carbonyl (C=O) groups excluding carboxylic acids is 1. The van der Waals surface area contributed by atoms with E-state index in [1.165, 1.54) is 19.8 Å². The van der Waals surface area contributed by atoms with Gasteiger partial charge in [-0.15, -0.1) is 0 Å². The molecule has 0 aromatic carbocycles. The fraction of sp³-hybridized carbons (Fsp3) is 0.909. The minimum absolute atomic E-state index is 0.211. The van der Waals surface area contributed by atoms with E-state index >= 15 is 0 Å². The molecule has 0 amide bonds. The summed E-state index contributed by atoms with van der Waals surface area (Å²) in [6.45, 7) is 10.4. The molecule has 0 bridgehead atoms. The molecule has 3 nitrogen and oxygen atoms in total. The predicted octanol–water partition coefficient (Wildman–Crippen LogP) is 2.62. The first-order valence-electron chi connectivity index (χ1n) is 5.12. The SMILES string of the molecule is CCCC(C)C.CCOC(C)=O.CO. The maximum atomic E-state index is 9.82. The van der Waals surface area contributed by atoms with E-state index in [9.17, 15) is 4.79 Å². The van der Waals surface area contributed by atoms with Crippen molar-refractivity contribution in [2.45, 2.75) is 47.5 Å². The lowest BCUT2D eigenvalue weighted by Crippen LogP contribution is -1.95. The number of carbonyl (C=O) groups is 1. The summed E-state index contributed by atoms with van der Waals surface area (Å²) < 4.78 is 4.40. The molecule has 3 heteroatoms. The summed E-state index contributed by atoms with van der Waals surface area (Å²) in [4.78, 5) is 9.82. The van der Waals surface area contributed by atoms with E-state index in [1.54, 1.807) is 6.92 Å². The van der Waals surface area contributed by atoms with E-state index in [4.69, 9.17) is 5.11 Å². The van der Waals surface area contributed by atoms with Crippen LogP contribution in [0.25, 0.3) is 0 Å². The topological polar surface area (TPSA) is 46.5 Å². The quantitative estimate of drug-likeness (QED) is 0.722. The summed E-state index contributed by atoms with van der Waals surface area (Å²) in [7, 11) is 1.00. The molecule has 0 heterocycles. The van der Waals surface area contributed by atoms with Gasteiger partial charge in [0.25, 0.3) is 0 Å². The molecule has 0 saturated heterocycles. The van der Waals surface area contributed by atoms with Gasteiger partial charge in [0.05, 0.1) is 6.61 Å². The van der Waals surface area contributed by atoms with Gasteiger partial charge in [0.2, 0.25) is 0 Å².